The molecule has 0 aromatic rings. The molecule has 2 unspecified atom stereocenters. The third-order valence-corrected chi connectivity index (χ3v) is 3.42. The van der Waals surface area contributed by atoms with Crippen molar-refractivity contribution < 1.29 is 0 Å². The summed E-state index contributed by atoms with van der Waals surface area (Å²) in [6, 6.07) is 0. The second-order valence-electron chi connectivity index (χ2n) is 3.89. The summed E-state index contributed by atoms with van der Waals surface area (Å²) >= 11 is 5.80. The molecule has 1 rings (SSSR count). The smallest absolute Gasteiger partial charge is 0.0257 e. The van der Waals surface area contributed by atoms with Gasteiger partial charge in [-0.15, -0.1) is 17.3 Å². The van der Waals surface area contributed by atoms with Gasteiger partial charge in [-0.1, -0.05) is 20.4 Å². The lowest BCUT2D eigenvalue weighted by atomic mass is 9.55. The molecule has 1 aliphatic rings. The molecule has 0 saturated heterocycles. The van der Waals surface area contributed by atoms with Crippen LogP contribution in [0.1, 0.15) is 20.3 Å². The third kappa shape index (κ3) is 1.38. The SMILES string of the molecule is C=C=CC1CC(CCl)C1(C)C. The molecule has 1 aliphatic carbocycles. The standard InChI is InChI=1S/C10H15Cl/c1-4-5-8-6-9(7-11)10(8,2)3/h5,8-9H,1,6-7H2,2-3H3. The Kier molecular flexibility index (Phi) is 2.47. The van der Waals surface area contributed by atoms with Crippen molar-refractivity contribution in [2.75, 3.05) is 5.88 Å². The van der Waals surface area contributed by atoms with Gasteiger partial charge in [0, 0.05) is 5.88 Å². The van der Waals surface area contributed by atoms with Gasteiger partial charge in [-0.25, -0.2) is 0 Å². The van der Waals surface area contributed by atoms with Crippen LogP contribution in [0, 0.1) is 17.3 Å². The number of hydrogen-bond acceptors (Lipinski definition) is 0. The molecule has 2 atom stereocenters. The zero-order chi connectivity index (χ0) is 8.48. The molecule has 0 aromatic heterocycles. The minimum absolute atomic E-state index is 0.368. The fraction of sp³-hybridized carbons (Fsp3) is 0.700. The van der Waals surface area contributed by atoms with E-state index in [1.54, 1.807) is 0 Å². The van der Waals surface area contributed by atoms with Gasteiger partial charge in [0.05, 0.1) is 0 Å². The number of alkyl halides is 1. The Morgan fingerprint density at radius 1 is 1.73 bits per heavy atom. The fourth-order valence-corrected chi connectivity index (χ4v) is 2.27. The maximum absolute atomic E-state index is 5.80. The Labute approximate surface area is 73.9 Å². The van der Waals surface area contributed by atoms with Crippen molar-refractivity contribution in [3.63, 3.8) is 0 Å². The average Bonchev–Trinajstić information content (AvgIpc) is 1.97. The first kappa shape index (κ1) is 8.90. The maximum Gasteiger partial charge on any atom is 0.0257 e. The molecule has 1 saturated carbocycles. The summed E-state index contributed by atoms with van der Waals surface area (Å²) in [5.74, 6) is 2.11. The van der Waals surface area contributed by atoms with E-state index in [-0.39, 0.29) is 0 Å². The summed E-state index contributed by atoms with van der Waals surface area (Å²) in [6.07, 6.45) is 3.28. The van der Waals surface area contributed by atoms with E-state index in [0.717, 1.165) is 5.88 Å². The maximum atomic E-state index is 5.80. The molecular formula is C10H15Cl. The molecule has 62 valence electrons. The van der Waals surface area contributed by atoms with Gasteiger partial charge in [-0.05, 0) is 29.7 Å². The lowest BCUT2D eigenvalue weighted by molar-refractivity contribution is 0.0286. The molecular weight excluding hydrogens is 156 g/mol. The van der Waals surface area contributed by atoms with Gasteiger partial charge in [0.15, 0.2) is 0 Å². The van der Waals surface area contributed by atoms with E-state index in [0.29, 0.717) is 17.3 Å². The molecule has 1 heteroatoms. The second-order valence-corrected chi connectivity index (χ2v) is 4.19. The van der Waals surface area contributed by atoms with Crippen molar-refractivity contribution in [3.05, 3.63) is 18.4 Å². The highest BCUT2D eigenvalue weighted by atomic mass is 35.5. The van der Waals surface area contributed by atoms with Crippen molar-refractivity contribution in [1.82, 2.24) is 0 Å². The van der Waals surface area contributed by atoms with Gasteiger partial charge in [0.25, 0.3) is 0 Å². The molecule has 0 bridgehead atoms. The highest BCUT2D eigenvalue weighted by molar-refractivity contribution is 6.18. The van der Waals surface area contributed by atoms with E-state index in [2.05, 4.69) is 32.2 Å². The zero-order valence-electron chi connectivity index (χ0n) is 7.23. The van der Waals surface area contributed by atoms with E-state index in [9.17, 15) is 0 Å². The summed E-state index contributed by atoms with van der Waals surface area (Å²) in [6.45, 7) is 8.12. The highest BCUT2D eigenvalue weighted by Crippen LogP contribution is 2.52. The van der Waals surface area contributed by atoms with Crippen LogP contribution in [-0.2, 0) is 0 Å². The van der Waals surface area contributed by atoms with Crippen LogP contribution >= 0.6 is 11.6 Å². The van der Waals surface area contributed by atoms with Crippen molar-refractivity contribution >= 4 is 11.6 Å². The summed E-state index contributed by atoms with van der Waals surface area (Å²) in [5, 5.41) is 0. The van der Waals surface area contributed by atoms with Crippen LogP contribution in [-0.4, -0.2) is 5.88 Å². The van der Waals surface area contributed by atoms with Gasteiger partial charge < -0.3 is 0 Å². The Hall–Kier alpha value is -0.190. The van der Waals surface area contributed by atoms with E-state index in [4.69, 9.17) is 11.6 Å². The van der Waals surface area contributed by atoms with Crippen LogP contribution < -0.4 is 0 Å². The molecule has 0 N–H and O–H groups in total. The minimum atomic E-state index is 0.368. The van der Waals surface area contributed by atoms with E-state index >= 15 is 0 Å². The van der Waals surface area contributed by atoms with Gasteiger partial charge in [0.2, 0.25) is 0 Å². The molecule has 0 heterocycles. The lowest BCUT2D eigenvalue weighted by Crippen LogP contribution is -2.44. The number of halogens is 1. The number of rotatable bonds is 2. The summed E-state index contributed by atoms with van der Waals surface area (Å²) < 4.78 is 0. The Morgan fingerprint density at radius 3 is 2.73 bits per heavy atom. The molecule has 11 heavy (non-hydrogen) atoms. The predicted molar refractivity (Wildman–Crippen MR) is 49.8 cm³/mol. The fourth-order valence-electron chi connectivity index (χ4n) is 1.74. The first-order chi connectivity index (χ1) is 5.12. The highest BCUT2D eigenvalue weighted by Gasteiger charge is 2.45. The summed E-state index contributed by atoms with van der Waals surface area (Å²) in [4.78, 5) is 0. The number of allylic oxidation sites excluding steroid dienone is 1. The topological polar surface area (TPSA) is 0 Å². The molecule has 0 nitrogen and oxygen atoms in total. The first-order valence-corrected chi connectivity index (χ1v) is 4.58. The van der Waals surface area contributed by atoms with E-state index in [1.807, 2.05) is 0 Å². The summed E-state index contributed by atoms with van der Waals surface area (Å²) in [5.41, 5.74) is 3.22. The van der Waals surface area contributed by atoms with E-state index < -0.39 is 0 Å². The van der Waals surface area contributed by atoms with Gasteiger partial charge in [-0.2, -0.15) is 0 Å². The average molecular weight is 171 g/mol. The molecule has 0 radical (unpaired) electrons. The Morgan fingerprint density at radius 2 is 2.36 bits per heavy atom. The van der Waals surface area contributed by atoms with Crippen LogP contribution in [0.25, 0.3) is 0 Å². The van der Waals surface area contributed by atoms with Crippen LogP contribution in [0.15, 0.2) is 18.4 Å². The van der Waals surface area contributed by atoms with Crippen LogP contribution in [0.3, 0.4) is 0 Å². The third-order valence-electron chi connectivity index (χ3n) is 3.05. The molecule has 0 amide bonds. The summed E-state index contributed by atoms with van der Waals surface area (Å²) in [7, 11) is 0. The van der Waals surface area contributed by atoms with Crippen LogP contribution in [0.4, 0.5) is 0 Å². The normalized spacial score (nSPS) is 33.7. The van der Waals surface area contributed by atoms with Crippen molar-refractivity contribution in [2.24, 2.45) is 17.3 Å². The Bertz CT molecular complexity index is 187. The molecule has 0 aromatic carbocycles. The van der Waals surface area contributed by atoms with Crippen LogP contribution in [0.5, 0.6) is 0 Å². The van der Waals surface area contributed by atoms with Crippen molar-refractivity contribution in [3.8, 4) is 0 Å². The van der Waals surface area contributed by atoms with Crippen molar-refractivity contribution in [1.29, 1.82) is 0 Å². The van der Waals surface area contributed by atoms with Gasteiger partial charge in [-0.3, -0.25) is 0 Å². The molecule has 0 spiro atoms. The second kappa shape index (κ2) is 3.05. The number of hydrogen-bond donors (Lipinski definition) is 0. The van der Waals surface area contributed by atoms with Gasteiger partial charge >= 0.3 is 0 Å². The minimum Gasteiger partial charge on any atom is -0.133 e. The van der Waals surface area contributed by atoms with E-state index in [1.165, 1.54) is 6.42 Å². The largest absolute Gasteiger partial charge is 0.133 e. The van der Waals surface area contributed by atoms with Crippen LogP contribution in [0.2, 0.25) is 0 Å². The Balaban J connectivity index is 2.60. The zero-order valence-corrected chi connectivity index (χ0v) is 7.99. The quantitative estimate of drug-likeness (QED) is 0.441. The molecule has 1 fully saturated rings. The van der Waals surface area contributed by atoms with Crippen molar-refractivity contribution in [2.45, 2.75) is 20.3 Å². The first-order valence-electron chi connectivity index (χ1n) is 4.04. The lowest BCUT2D eigenvalue weighted by Gasteiger charge is -2.50. The monoisotopic (exact) mass is 170 g/mol. The van der Waals surface area contributed by atoms with Gasteiger partial charge in [0.1, 0.15) is 0 Å². The molecule has 0 aliphatic heterocycles. The predicted octanol–water partition coefficient (Wildman–Crippen LogP) is 3.23.